The number of carbonyl (C=O) groups is 2. The zero-order chi connectivity index (χ0) is 12.4. The second-order valence-electron chi connectivity index (χ2n) is 3.93. The van der Waals surface area contributed by atoms with E-state index in [0.717, 1.165) is 5.69 Å². The lowest BCUT2D eigenvalue weighted by Crippen LogP contribution is -2.23. The molecule has 0 saturated carbocycles. The van der Waals surface area contributed by atoms with Gasteiger partial charge in [-0.1, -0.05) is 24.8 Å². The van der Waals surface area contributed by atoms with Crippen LogP contribution in [-0.4, -0.2) is 17.9 Å². The van der Waals surface area contributed by atoms with E-state index in [2.05, 4.69) is 11.9 Å². The molecule has 0 radical (unpaired) electrons. The fourth-order valence-corrected chi connectivity index (χ4v) is 1.74. The normalized spacial score (nSPS) is 23.4. The molecule has 17 heavy (non-hydrogen) atoms. The molecule has 1 heterocycles. The van der Waals surface area contributed by atoms with Crippen molar-refractivity contribution in [1.29, 1.82) is 0 Å². The third kappa shape index (κ3) is 2.20. The Labute approximate surface area is 99.3 Å². The fourth-order valence-electron chi connectivity index (χ4n) is 1.74. The van der Waals surface area contributed by atoms with Gasteiger partial charge in [-0.2, -0.15) is 0 Å². The first-order valence-electron chi connectivity index (χ1n) is 5.34. The predicted octanol–water partition coefficient (Wildman–Crippen LogP) is 1.74. The van der Waals surface area contributed by atoms with Gasteiger partial charge in [-0.3, -0.25) is 9.59 Å². The van der Waals surface area contributed by atoms with Gasteiger partial charge in [0.15, 0.2) is 17.8 Å². The molecule has 0 spiro atoms. The molecular weight excluding hydrogens is 218 g/mol. The van der Waals surface area contributed by atoms with E-state index in [0.29, 0.717) is 5.70 Å². The number of benzene rings is 1. The summed E-state index contributed by atoms with van der Waals surface area (Å²) in [6.45, 7) is 5.30. The summed E-state index contributed by atoms with van der Waals surface area (Å²) in [5.41, 5.74) is 1.15. The van der Waals surface area contributed by atoms with E-state index in [-0.39, 0.29) is 5.78 Å². The summed E-state index contributed by atoms with van der Waals surface area (Å²) in [5, 5.41) is 2.95. The first kappa shape index (κ1) is 11.4. The number of nitrogens with one attached hydrogen (secondary N) is 1. The van der Waals surface area contributed by atoms with Crippen molar-refractivity contribution in [3.05, 3.63) is 42.6 Å². The van der Waals surface area contributed by atoms with Crippen molar-refractivity contribution in [2.24, 2.45) is 5.92 Å². The first-order valence-corrected chi connectivity index (χ1v) is 5.34. The molecule has 0 bridgehead atoms. The molecule has 88 valence electrons. The van der Waals surface area contributed by atoms with Crippen LogP contribution in [0.2, 0.25) is 0 Å². The number of para-hydroxylation sites is 1. The second-order valence-corrected chi connectivity index (χ2v) is 3.93. The lowest BCUT2D eigenvalue weighted by molar-refractivity contribution is -0.143. The summed E-state index contributed by atoms with van der Waals surface area (Å²) in [6, 6.07) is 9.25. The molecule has 1 aliphatic heterocycles. The summed E-state index contributed by atoms with van der Waals surface area (Å²) >= 11 is 0. The Kier molecular flexibility index (Phi) is 2.95. The highest BCUT2D eigenvalue weighted by Crippen LogP contribution is 2.24. The van der Waals surface area contributed by atoms with Gasteiger partial charge in [0, 0.05) is 11.4 Å². The molecular formula is C13H13NO3. The van der Waals surface area contributed by atoms with E-state index < -0.39 is 18.0 Å². The number of rotatable bonds is 3. The van der Waals surface area contributed by atoms with Crippen molar-refractivity contribution in [2.45, 2.75) is 13.0 Å². The average molecular weight is 231 g/mol. The van der Waals surface area contributed by atoms with Crippen molar-refractivity contribution in [3.63, 3.8) is 0 Å². The molecule has 1 aromatic carbocycles. The van der Waals surface area contributed by atoms with Crippen LogP contribution in [0.5, 0.6) is 0 Å². The van der Waals surface area contributed by atoms with Crippen molar-refractivity contribution >= 4 is 17.4 Å². The molecule has 2 atom stereocenters. The highest BCUT2D eigenvalue weighted by Gasteiger charge is 2.42. The van der Waals surface area contributed by atoms with Gasteiger partial charge in [-0.05, 0) is 19.1 Å². The Balaban J connectivity index is 2.11. The number of anilines is 1. The second kappa shape index (κ2) is 4.41. The van der Waals surface area contributed by atoms with E-state index >= 15 is 0 Å². The van der Waals surface area contributed by atoms with Crippen LogP contribution in [0.1, 0.15) is 6.92 Å². The van der Waals surface area contributed by atoms with Gasteiger partial charge in [0.25, 0.3) is 0 Å². The zero-order valence-electron chi connectivity index (χ0n) is 9.47. The van der Waals surface area contributed by atoms with Crippen molar-refractivity contribution < 1.29 is 14.3 Å². The smallest absolute Gasteiger partial charge is 0.323 e. The monoisotopic (exact) mass is 231 g/mol. The fraction of sp³-hybridized carbons (Fsp3) is 0.231. The van der Waals surface area contributed by atoms with E-state index in [9.17, 15) is 9.59 Å². The molecule has 1 N–H and O–H groups in total. The molecule has 4 heteroatoms. The largest absolute Gasteiger partial charge is 0.454 e. The van der Waals surface area contributed by atoms with Gasteiger partial charge >= 0.3 is 5.97 Å². The van der Waals surface area contributed by atoms with Gasteiger partial charge < -0.3 is 10.1 Å². The van der Waals surface area contributed by atoms with Gasteiger partial charge in [-0.15, -0.1) is 0 Å². The number of ketones is 1. The van der Waals surface area contributed by atoms with E-state index in [1.54, 1.807) is 6.92 Å². The van der Waals surface area contributed by atoms with Crippen LogP contribution in [0.15, 0.2) is 42.6 Å². The maximum atomic E-state index is 11.7. The Hall–Kier alpha value is -2.10. The molecule has 0 amide bonds. The lowest BCUT2D eigenvalue weighted by atomic mass is 10.0. The molecule has 1 aromatic rings. The number of hydrogen-bond donors (Lipinski definition) is 1. The van der Waals surface area contributed by atoms with Crippen molar-refractivity contribution in [2.75, 3.05) is 5.32 Å². The van der Waals surface area contributed by atoms with Crippen molar-refractivity contribution in [1.82, 2.24) is 0 Å². The maximum Gasteiger partial charge on any atom is 0.323 e. The molecule has 4 nitrogen and oxygen atoms in total. The molecule has 1 fully saturated rings. The summed E-state index contributed by atoms with van der Waals surface area (Å²) in [5.74, 6) is -1.68. The van der Waals surface area contributed by atoms with Gasteiger partial charge in [0.2, 0.25) is 0 Å². The van der Waals surface area contributed by atoms with Crippen molar-refractivity contribution in [3.8, 4) is 0 Å². The summed E-state index contributed by atoms with van der Waals surface area (Å²) in [6.07, 6.45) is -0.679. The first-order chi connectivity index (χ1) is 8.09. The van der Waals surface area contributed by atoms with Gasteiger partial charge in [0.05, 0.1) is 0 Å². The average Bonchev–Trinajstić information content (AvgIpc) is 2.54. The van der Waals surface area contributed by atoms with E-state index in [1.165, 1.54) is 0 Å². The van der Waals surface area contributed by atoms with Crippen LogP contribution in [0, 0.1) is 5.92 Å². The highest BCUT2D eigenvalue weighted by molar-refractivity contribution is 6.09. The van der Waals surface area contributed by atoms with E-state index in [4.69, 9.17) is 4.74 Å². The van der Waals surface area contributed by atoms with Gasteiger partial charge in [-0.25, -0.2) is 0 Å². The number of hydrogen-bond acceptors (Lipinski definition) is 4. The van der Waals surface area contributed by atoms with Crippen LogP contribution in [-0.2, 0) is 14.3 Å². The van der Waals surface area contributed by atoms with Crippen LogP contribution in [0.3, 0.4) is 0 Å². The quantitative estimate of drug-likeness (QED) is 0.636. The maximum absolute atomic E-state index is 11.7. The van der Waals surface area contributed by atoms with Crippen LogP contribution in [0.25, 0.3) is 0 Å². The summed E-state index contributed by atoms with van der Waals surface area (Å²) in [4.78, 5) is 23.2. The highest BCUT2D eigenvalue weighted by atomic mass is 16.6. The van der Waals surface area contributed by atoms with E-state index in [1.807, 2.05) is 30.3 Å². The third-order valence-corrected chi connectivity index (χ3v) is 2.64. The number of carbonyl (C=O) groups excluding carboxylic acids is 2. The third-order valence-electron chi connectivity index (χ3n) is 2.64. The predicted molar refractivity (Wildman–Crippen MR) is 63.3 cm³/mol. The molecule has 0 aromatic heterocycles. The zero-order valence-corrected chi connectivity index (χ0v) is 9.47. The Morgan fingerprint density at radius 1 is 1.29 bits per heavy atom. The SMILES string of the molecule is C=C(Nc1ccccc1)[C@H]1C(=O)O[C@H](C)C1=O. The summed E-state index contributed by atoms with van der Waals surface area (Å²) < 4.78 is 4.86. The summed E-state index contributed by atoms with van der Waals surface area (Å²) in [7, 11) is 0. The Bertz CT molecular complexity index is 467. The molecule has 0 aliphatic carbocycles. The standard InChI is InChI=1S/C13H13NO3/c1-8(14-10-6-4-3-5-7-10)11-12(15)9(2)17-13(11)16/h3-7,9,11,14H,1H2,2H3/t9-,11-/m1/s1. The van der Waals surface area contributed by atoms with Gasteiger partial charge in [0.1, 0.15) is 0 Å². The lowest BCUT2D eigenvalue weighted by Gasteiger charge is -2.11. The Morgan fingerprint density at radius 2 is 1.94 bits per heavy atom. The minimum Gasteiger partial charge on any atom is -0.454 e. The number of ether oxygens (including phenoxy) is 1. The number of esters is 1. The molecule has 0 unspecified atom stereocenters. The number of cyclic esters (lactones) is 1. The number of Topliss-reactive ketones (excluding diaryl/α,β-unsaturated/α-hetero) is 1. The minimum absolute atomic E-state index is 0.247. The minimum atomic E-state index is -0.898. The molecule has 1 aliphatic rings. The van der Waals surface area contributed by atoms with Crippen LogP contribution >= 0.6 is 0 Å². The topological polar surface area (TPSA) is 55.4 Å². The molecule has 2 rings (SSSR count). The van der Waals surface area contributed by atoms with Crippen LogP contribution in [0.4, 0.5) is 5.69 Å². The van der Waals surface area contributed by atoms with Crippen LogP contribution < -0.4 is 5.32 Å². The molecule has 1 saturated heterocycles. The Morgan fingerprint density at radius 3 is 2.47 bits per heavy atom.